The Hall–Kier alpha value is -2.59. The van der Waals surface area contributed by atoms with E-state index in [2.05, 4.69) is 21.2 Å². The van der Waals surface area contributed by atoms with Crippen LogP contribution in [0.15, 0.2) is 77.3 Å². The molecule has 0 aromatic heterocycles. The molecule has 0 aliphatic carbocycles. The second-order valence-corrected chi connectivity index (χ2v) is 13.0. The summed E-state index contributed by atoms with van der Waals surface area (Å²) in [5.74, 6) is -0.924. The summed E-state index contributed by atoms with van der Waals surface area (Å²) in [5, 5.41) is 3.66. The van der Waals surface area contributed by atoms with Gasteiger partial charge in [-0.25, -0.2) is 8.42 Å². The highest BCUT2D eigenvalue weighted by Crippen LogP contribution is 2.26. The molecule has 3 rings (SSSR count). The molecule has 3 aromatic rings. The van der Waals surface area contributed by atoms with E-state index in [-0.39, 0.29) is 24.9 Å². The molecule has 3 aromatic carbocycles. The number of carbonyl (C=O) groups excluding carboxylic acids is 2. The van der Waals surface area contributed by atoms with Gasteiger partial charge in [0.2, 0.25) is 21.8 Å². The average Bonchev–Trinajstić information content (AvgIpc) is 2.85. The Morgan fingerprint density at radius 3 is 2.26 bits per heavy atom. The largest absolute Gasteiger partial charge is 0.352 e. The Kier molecular flexibility index (Phi) is 10.8. The molecule has 1 N–H and O–H groups in total. The summed E-state index contributed by atoms with van der Waals surface area (Å²) in [7, 11) is -3.85. The van der Waals surface area contributed by atoms with Gasteiger partial charge in [0.25, 0.3) is 0 Å². The van der Waals surface area contributed by atoms with Crippen molar-refractivity contribution in [2.24, 2.45) is 0 Å². The number of nitrogens with zero attached hydrogens (tertiary/aromatic N) is 2. The van der Waals surface area contributed by atoms with E-state index in [9.17, 15) is 18.0 Å². The van der Waals surface area contributed by atoms with E-state index >= 15 is 0 Å². The number of rotatable bonds is 11. The number of benzene rings is 3. The molecule has 39 heavy (non-hydrogen) atoms. The predicted molar refractivity (Wildman–Crippen MR) is 161 cm³/mol. The number of halogens is 3. The van der Waals surface area contributed by atoms with Crippen molar-refractivity contribution >= 4 is 66.7 Å². The Bertz CT molecular complexity index is 1420. The van der Waals surface area contributed by atoms with Gasteiger partial charge in [0, 0.05) is 33.5 Å². The molecule has 2 amide bonds. The molecule has 0 aliphatic rings. The molecule has 0 fully saturated rings. The van der Waals surface area contributed by atoms with Crippen LogP contribution in [-0.4, -0.2) is 50.0 Å². The van der Waals surface area contributed by atoms with Crippen LogP contribution in [0.1, 0.15) is 25.0 Å². The minimum absolute atomic E-state index is 0.0338. The third-order valence-corrected chi connectivity index (χ3v) is 8.05. The summed E-state index contributed by atoms with van der Waals surface area (Å²) in [6.07, 6.45) is 1.25. The third-order valence-electron chi connectivity index (χ3n) is 5.83. The van der Waals surface area contributed by atoms with Crippen molar-refractivity contribution < 1.29 is 18.0 Å². The zero-order chi connectivity index (χ0) is 28.7. The van der Waals surface area contributed by atoms with Crippen molar-refractivity contribution in [2.45, 2.75) is 38.9 Å². The Morgan fingerprint density at radius 1 is 0.974 bits per heavy atom. The molecule has 0 spiro atoms. The van der Waals surface area contributed by atoms with E-state index in [1.54, 1.807) is 42.5 Å². The number of sulfonamides is 1. The summed E-state index contributed by atoms with van der Waals surface area (Å²) in [6, 6.07) is 19.7. The smallest absolute Gasteiger partial charge is 0.244 e. The van der Waals surface area contributed by atoms with Crippen molar-refractivity contribution in [3.8, 4) is 0 Å². The fraction of sp³-hybridized carbons (Fsp3) is 0.286. The molecule has 0 saturated carbocycles. The van der Waals surface area contributed by atoms with E-state index in [0.29, 0.717) is 25.8 Å². The van der Waals surface area contributed by atoms with Gasteiger partial charge >= 0.3 is 0 Å². The molecular formula is C28H30BrCl2N3O4S. The Balaban J connectivity index is 2.08. The van der Waals surface area contributed by atoms with E-state index < -0.39 is 28.5 Å². The zero-order valence-electron chi connectivity index (χ0n) is 21.8. The highest BCUT2D eigenvalue weighted by Gasteiger charge is 2.33. The minimum Gasteiger partial charge on any atom is -0.352 e. The first-order valence-electron chi connectivity index (χ1n) is 12.2. The molecule has 0 saturated heterocycles. The van der Waals surface area contributed by atoms with Crippen molar-refractivity contribution in [3.05, 3.63) is 98.4 Å². The van der Waals surface area contributed by atoms with E-state index in [1.807, 2.05) is 44.2 Å². The second kappa shape index (κ2) is 13.7. The van der Waals surface area contributed by atoms with Crippen LogP contribution in [0.25, 0.3) is 0 Å². The Morgan fingerprint density at radius 2 is 1.67 bits per heavy atom. The summed E-state index contributed by atoms with van der Waals surface area (Å²) >= 11 is 15.9. The van der Waals surface area contributed by atoms with Gasteiger partial charge in [0.05, 0.1) is 11.9 Å². The lowest BCUT2D eigenvalue weighted by molar-refractivity contribution is -0.140. The van der Waals surface area contributed by atoms with Crippen molar-refractivity contribution in [2.75, 3.05) is 17.1 Å². The molecule has 0 unspecified atom stereocenters. The molecule has 11 heteroatoms. The number of nitrogens with one attached hydrogen (secondary N) is 1. The van der Waals surface area contributed by atoms with Gasteiger partial charge < -0.3 is 10.2 Å². The monoisotopic (exact) mass is 653 g/mol. The van der Waals surface area contributed by atoms with Crippen LogP contribution >= 0.6 is 39.1 Å². The zero-order valence-corrected chi connectivity index (χ0v) is 25.7. The van der Waals surface area contributed by atoms with Crippen LogP contribution < -0.4 is 9.62 Å². The van der Waals surface area contributed by atoms with E-state index in [0.717, 1.165) is 16.1 Å². The van der Waals surface area contributed by atoms with Gasteiger partial charge in [-0.2, -0.15) is 0 Å². The van der Waals surface area contributed by atoms with Crippen LogP contribution in [0.4, 0.5) is 5.69 Å². The Labute approximate surface area is 248 Å². The molecule has 208 valence electrons. The fourth-order valence-corrected chi connectivity index (χ4v) is 5.71. The fourth-order valence-electron chi connectivity index (χ4n) is 4.01. The molecule has 0 aliphatic heterocycles. The topological polar surface area (TPSA) is 86.8 Å². The maximum Gasteiger partial charge on any atom is 0.244 e. The van der Waals surface area contributed by atoms with Crippen LogP contribution in [0.3, 0.4) is 0 Å². The standard InChI is InChI=1S/C28H30BrCl2N3O4S/c1-19(2)32-28(36)26(14-20-8-5-4-6-9-20)33(17-21-12-13-23(30)16-25(21)31)27(35)18-34(39(3,37)38)24-11-7-10-22(29)15-24/h4-13,15-16,19,26H,14,17-18H2,1-3H3,(H,32,36)/t26-/m1/s1. The van der Waals surface area contributed by atoms with Crippen LogP contribution in [0, 0.1) is 0 Å². The third kappa shape index (κ3) is 8.96. The lowest BCUT2D eigenvalue weighted by Crippen LogP contribution is -2.54. The quantitative estimate of drug-likeness (QED) is 0.288. The molecule has 1 atom stereocenters. The number of anilines is 1. The van der Waals surface area contributed by atoms with Crippen LogP contribution in [0.5, 0.6) is 0 Å². The molecular weight excluding hydrogens is 625 g/mol. The maximum absolute atomic E-state index is 14.0. The van der Waals surface area contributed by atoms with Gasteiger partial charge in [0.15, 0.2) is 0 Å². The predicted octanol–water partition coefficient (Wildman–Crippen LogP) is 5.69. The summed E-state index contributed by atoms with van der Waals surface area (Å²) in [4.78, 5) is 28.9. The minimum atomic E-state index is -3.85. The number of hydrogen-bond acceptors (Lipinski definition) is 4. The number of hydrogen-bond donors (Lipinski definition) is 1. The lowest BCUT2D eigenvalue weighted by atomic mass is 10.0. The van der Waals surface area contributed by atoms with Gasteiger partial charge in [0.1, 0.15) is 12.6 Å². The van der Waals surface area contributed by atoms with E-state index in [1.165, 1.54) is 4.90 Å². The first-order chi connectivity index (χ1) is 18.3. The SMILES string of the molecule is CC(C)NC(=O)[C@@H](Cc1ccccc1)N(Cc1ccc(Cl)cc1Cl)C(=O)CN(c1cccc(Br)c1)S(C)(=O)=O. The van der Waals surface area contributed by atoms with Gasteiger partial charge in [-0.3, -0.25) is 13.9 Å². The summed E-state index contributed by atoms with van der Waals surface area (Å²) in [5.41, 5.74) is 1.72. The van der Waals surface area contributed by atoms with Crippen molar-refractivity contribution in [1.82, 2.24) is 10.2 Å². The van der Waals surface area contributed by atoms with Crippen LogP contribution in [-0.2, 0) is 32.6 Å². The van der Waals surface area contributed by atoms with Gasteiger partial charge in [-0.15, -0.1) is 0 Å². The maximum atomic E-state index is 14.0. The average molecular weight is 655 g/mol. The van der Waals surface area contributed by atoms with Gasteiger partial charge in [-0.05, 0) is 55.3 Å². The van der Waals surface area contributed by atoms with Crippen molar-refractivity contribution in [1.29, 1.82) is 0 Å². The summed E-state index contributed by atoms with van der Waals surface area (Å²) < 4.78 is 27.3. The molecule has 0 heterocycles. The van der Waals surface area contributed by atoms with Crippen LogP contribution in [0.2, 0.25) is 10.0 Å². The number of amides is 2. The first-order valence-corrected chi connectivity index (χ1v) is 15.6. The van der Waals surface area contributed by atoms with Gasteiger partial charge in [-0.1, -0.05) is 81.6 Å². The highest BCUT2D eigenvalue weighted by molar-refractivity contribution is 9.10. The van der Waals surface area contributed by atoms with E-state index in [4.69, 9.17) is 23.2 Å². The molecule has 7 nitrogen and oxygen atoms in total. The molecule has 0 bridgehead atoms. The summed E-state index contributed by atoms with van der Waals surface area (Å²) in [6.45, 7) is 3.12. The second-order valence-electron chi connectivity index (χ2n) is 9.38. The lowest BCUT2D eigenvalue weighted by Gasteiger charge is -2.34. The molecule has 0 radical (unpaired) electrons. The normalized spacial score (nSPS) is 12.2. The highest BCUT2D eigenvalue weighted by atomic mass is 79.9. The number of carbonyl (C=O) groups is 2. The first kappa shape index (κ1) is 30.9. The van der Waals surface area contributed by atoms with Crippen molar-refractivity contribution in [3.63, 3.8) is 0 Å².